The second kappa shape index (κ2) is 5.35. The molecule has 86 valence electrons. The predicted molar refractivity (Wildman–Crippen MR) is 75.6 cm³/mol. The summed E-state index contributed by atoms with van der Waals surface area (Å²) in [4.78, 5) is 0. The molecular formula is C16H17N. The minimum Gasteiger partial charge on any atom is -0.355 e. The fourth-order valence-corrected chi connectivity index (χ4v) is 1.77. The van der Waals surface area contributed by atoms with Gasteiger partial charge in [-0.3, -0.25) is 0 Å². The molecule has 17 heavy (non-hydrogen) atoms. The standard InChI is InChI=1S/C16H17N/c1-3-13-9-11-15(12-10-13)17-16-8-6-5-7-14(16)4-2/h4-12,17H,2-3H2,1H3. The average molecular weight is 223 g/mol. The van der Waals surface area contributed by atoms with E-state index in [1.165, 1.54) is 5.56 Å². The molecule has 0 atom stereocenters. The molecule has 1 nitrogen and oxygen atoms in total. The molecule has 0 aliphatic carbocycles. The lowest BCUT2D eigenvalue weighted by atomic mass is 10.1. The molecule has 0 heterocycles. The van der Waals surface area contributed by atoms with Crippen molar-refractivity contribution in [2.24, 2.45) is 0 Å². The van der Waals surface area contributed by atoms with Crippen LogP contribution in [0.3, 0.4) is 0 Å². The van der Waals surface area contributed by atoms with Crippen LogP contribution in [0.2, 0.25) is 0 Å². The van der Waals surface area contributed by atoms with Gasteiger partial charge in [0.25, 0.3) is 0 Å². The van der Waals surface area contributed by atoms with Crippen molar-refractivity contribution in [3.05, 3.63) is 66.2 Å². The van der Waals surface area contributed by atoms with Gasteiger partial charge in [0.1, 0.15) is 0 Å². The van der Waals surface area contributed by atoms with E-state index in [0.29, 0.717) is 0 Å². The Bertz CT molecular complexity index is 497. The van der Waals surface area contributed by atoms with E-state index in [4.69, 9.17) is 0 Å². The minimum absolute atomic E-state index is 1.07. The third-order valence-corrected chi connectivity index (χ3v) is 2.82. The highest BCUT2D eigenvalue weighted by Crippen LogP contribution is 2.21. The Labute approximate surface area is 103 Å². The highest BCUT2D eigenvalue weighted by atomic mass is 14.9. The van der Waals surface area contributed by atoms with E-state index in [2.05, 4.69) is 55.2 Å². The summed E-state index contributed by atoms with van der Waals surface area (Å²) in [6, 6.07) is 16.7. The van der Waals surface area contributed by atoms with Gasteiger partial charge in [-0.15, -0.1) is 0 Å². The van der Waals surface area contributed by atoms with Gasteiger partial charge in [-0.1, -0.05) is 49.9 Å². The van der Waals surface area contributed by atoms with Crippen molar-refractivity contribution in [3.63, 3.8) is 0 Å². The van der Waals surface area contributed by atoms with Crippen molar-refractivity contribution in [3.8, 4) is 0 Å². The molecule has 0 radical (unpaired) electrons. The summed E-state index contributed by atoms with van der Waals surface area (Å²) in [7, 11) is 0. The van der Waals surface area contributed by atoms with Crippen molar-refractivity contribution in [2.75, 3.05) is 5.32 Å². The summed E-state index contributed by atoms with van der Waals surface area (Å²) in [6.07, 6.45) is 2.94. The van der Waals surface area contributed by atoms with Gasteiger partial charge >= 0.3 is 0 Å². The Kier molecular flexibility index (Phi) is 3.61. The van der Waals surface area contributed by atoms with E-state index >= 15 is 0 Å². The van der Waals surface area contributed by atoms with Crippen LogP contribution in [0.25, 0.3) is 6.08 Å². The SMILES string of the molecule is C=Cc1ccccc1Nc1ccc(CC)cc1. The first kappa shape index (κ1) is 11.5. The van der Waals surface area contributed by atoms with Gasteiger partial charge in [-0.25, -0.2) is 0 Å². The van der Waals surface area contributed by atoms with Gasteiger partial charge in [-0.05, 0) is 35.7 Å². The average Bonchev–Trinajstić information content (AvgIpc) is 2.40. The molecule has 1 N–H and O–H groups in total. The van der Waals surface area contributed by atoms with Crippen LogP contribution in [-0.2, 0) is 6.42 Å². The number of hydrogen-bond donors (Lipinski definition) is 1. The fraction of sp³-hybridized carbons (Fsp3) is 0.125. The van der Waals surface area contributed by atoms with Gasteiger partial charge < -0.3 is 5.32 Å². The maximum absolute atomic E-state index is 3.82. The van der Waals surface area contributed by atoms with Crippen LogP contribution in [-0.4, -0.2) is 0 Å². The normalized spacial score (nSPS) is 9.94. The van der Waals surface area contributed by atoms with Crippen molar-refractivity contribution in [2.45, 2.75) is 13.3 Å². The van der Waals surface area contributed by atoms with Gasteiger partial charge in [0.2, 0.25) is 0 Å². The van der Waals surface area contributed by atoms with Crippen LogP contribution in [0.1, 0.15) is 18.1 Å². The lowest BCUT2D eigenvalue weighted by molar-refractivity contribution is 1.14. The summed E-state index contributed by atoms with van der Waals surface area (Å²) in [5.41, 5.74) is 4.67. The monoisotopic (exact) mass is 223 g/mol. The second-order valence-electron chi connectivity index (χ2n) is 3.97. The maximum atomic E-state index is 3.82. The minimum atomic E-state index is 1.07. The number of rotatable bonds is 4. The molecule has 0 aliphatic heterocycles. The smallest absolute Gasteiger partial charge is 0.0457 e. The van der Waals surface area contributed by atoms with Crippen LogP contribution in [0.4, 0.5) is 11.4 Å². The molecule has 0 spiro atoms. The Morgan fingerprint density at radius 1 is 1.06 bits per heavy atom. The molecule has 2 aromatic carbocycles. The summed E-state index contributed by atoms with van der Waals surface area (Å²) < 4.78 is 0. The lowest BCUT2D eigenvalue weighted by Crippen LogP contribution is -1.92. The van der Waals surface area contributed by atoms with Crippen LogP contribution in [0.5, 0.6) is 0 Å². The molecular weight excluding hydrogens is 206 g/mol. The van der Waals surface area contributed by atoms with E-state index in [9.17, 15) is 0 Å². The molecule has 0 saturated heterocycles. The first-order valence-corrected chi connectivity index (χ1v) is 5.91. The van der Waals surface area contributed by atoms with E-state index in [1.54, 1.807) is 0 Å². The van der Waals surface area contributed by atoms with Gasteiger partial charge in [0.05, 0.1) is 0 Å². The number of hydrogen-bond acceptors (Lipinski definition) is 1. The number of anilines is 2. The fourth-order valence-electron chi connectivity index (χ4n) is 1.77. The van der Waals surface area contributed by atoms with E-state index < -0.39 is 0 Å². The van der Waals surface area contributed by atoms with Gasteiger partial charge in [0.15, 0.2) is 0 Å². The second-order valence-corrected chi connectivity index (χ2v) is 3.97. The van der Waals surface area contributed by atoms with E-state index in [1.807, 2.05) is 18.2 Å². The predicted octanol–water partition coefficient (Wildman–Crippen LogP) is 4.64. The molecule has 1 heteroatoms. The molecule has 2 aromatic rings. The summed E-state index contributed by atoms with van der Waals surface area (Å²) in [5.74, 6) is 0. The van der Waals surface area contributed by atoms with Crippen molar-refractivity contribution < 1.29 is 0 Å². The third-order valence-electron chi connectivity index (χ3n) is 2.82. The highest BCUT2D eigenvalue weighted by molar-refractivity contribution is 5.71. The Hall–Kier alpha value is -2.02. The molecule has 0 unspecified atom stereocenters. The Morgan fingerprint density at radius 3 is 2.41 bits per heavy atom. The largest absolute Gasteiger partial charge is 0.355 e. The van der Waals surface area contributed by atoms with Gasteiger partial charge in [-0.2, -0.15) is 0 Å². The van der Waals surface area contributed by atoms with Crippen LogP contribution >= 0.6 is 0 Å². The summed E-state index contributed by atoms with van der Waals surface area (Å²) >= 11 is 0. The molecule has 0 aliphatic rings. The number of para-hydroxylation sites is 1. The topological polar surface area (TPSA) is 12.0 Å². The zero-order valence-corrected chi connectivity index (χ0v) is 10.1. The first-order chi connectivity index (χ1) is 8.33. The molecule has 0 fully saturated rings. The quantitative estimate of drug-likeness (QED) is 0.796. The van der Waals surface area contributed by atoms with E-state index in [-0.39, 0.29) is 0 Å². The Balaban J connectivity index is 2.22. The van der Waals surface area contributed by atoms with Gasteiger partial charge in [0, 0.05) is 11.4 Å². The Morgan fingerprint density at radius 2 is 1.76 bits per heavy atom. The zero-order chi connectivity index (χ0) is 12.1. The molecule has 0 amide bonds. The molecule has 0 aromatic heterocycles. The maximum Gasteiger partial charge on any atom is 0.0457 e. The number of nitrogens with one attached hydrogen (secondary N) is 1. The third kappa shape index (κ3) is 2.76. The van der Waals surface area contributed by atoms with Crippen molar-refractivity contribution >= 4 is 17.5 Å². The number of aryl methyl sites for hydroxylation is 1. The summed E-state index contributed by atoms with van der Waals surface area (Å²) in [5, 5.41) is 3.40. The van der Waals surface area contributed by atoms with E-state index in [0.717, 1.165) is 23.4 Å². The lowest BCUT2D eigenvalue weighted by Gasteiger charge is -2.09. The van der Waals surface area contributed by atoms with Crippen LogP contribution in [0.15, 0.2) is 55.1 Å². The van der Waals surface area contributed by atoms with Crippen LogP contribution in [0, 0.1) is 0 Å². The molecule has 2 rings (SSSR count). The summed E-state index contributed by atoms with van der Waals surface area (Å²) in [6.45, 7) is 5.98. The molecule has 0 saturated carbocycles. The number of benzene rings is 2. The van der Waals surface area contributed by atoms with Crippen LogP contribution < -0.4 is 5.32 Å². The highest BCUT2D eigenvalue weighted by Gasteiger charge is 1.98. The molecule has 0 bridgehead atoms. The zero-order valence-electron chi connectivity index (χ0n) is 10.1. The van der Waals surface area contributed by atoms with Crippen molar-refractivity contribution in [1.82, 2.24) is 0 Å². The first-order valence-electron chi connectivity index (χ1n) is 5.91. The van der Waals surface area contributed by atoms with Crippen molar-refractivity contribution in [1.29, 1.82) is 0 Å².